The molecular formula is C13H17N3O5. The number of rotatable bonds is 6. The van der Waals surface area contributed by atoms with Crippen LogP contribution in [0.4, 0.5) is 10.5 Å². The van der Waals surface area contributed by atoms with Gasteiger partial charge in [-0.2, -0.15) is 0 Å². The van der Waals surface area contributed by atoms with Gasteiger partial charge in [-0.15, -0.1) is 0 Å². The summed E-state index contributed by atoms with van der Waals surface area (Å²) in [6.07, 6.45) is 2.00. The number of aromatic nitrogens is 1. The number of hydrogen-bond acceptors (Lipinski definition) is 5. The predicted molar refractivity (Wildman–Crippen MR) is 74.1 cm³/mol. The maximum Gasteiger partial charge on any atom is 0.354 e. The van der Waals surface area contributed by atoms with Crippen LogP contribution in [0.15, 0.2) is 18.3 Å². The van der Waals surface area contributed by atoms with Crippen molar-refractivity contribution < 1.29 is 24.2 Å². The maximum absolute atomic E-state index is 11.8. The zero-order chi connectivity index (χ0) is 15.8. The molecule has 1 rings (SSSR count). The number of hydrogen-bond donors (Lipinski definition) is 2. The van der Waals surface area contributed by atoms with Crippen LogP contribution in [0.1, 0.15) is 23.3 Å². The number of carbonyl (C=O) groups excluding carboxylic acids is 2. The van der Waals surface area contributed by atoms with E-state index in [0.717, 1.165) is 0 Å². The average Bonchev–Trinajstić information content (AvgIpc) is 2.47. The minimum absolute atomic E-state index is 0.0977. The number of pyridine rings is 1. The van der Waals surface area contributed by atoms with E-state index in [1.807, 2.05) is 0 Å². The van der Waals surface area contributed by atoms with Gasteiger partial charge < -0.3 is 20.1 Å². The van der Waals surface area contributed by atoms with Crippen molar-refractivity contribution in [3.63, 3.8) is 0 Å². The van der Waals surface area contributed by atoms with Crippen LogP contribution in [0.2, 0.25) is 0 Å². The first-order valence-electron chi connectivity index (χ1n) is 6.22. The molecule has 0 spiro atoms. The number of anilines is 1. The molecule has 8 heteroatoms. The number of amides is 2. The summed E-state index contributed by atoms with van der Waals surface area (Å²) in [5.41, 5.74) is 0.296. The smallest absolute Gasteiger partial charge is 0.354 e. The highest BCUT2D eigenvalue weighted by atomic mass is 16.5. The number of esters is 1. The Hall–Kier alpha value is -2.64. The van der Waals surface area contributed by atoms with E-state index < -0.39 is 5.97 Å². The summed E-state index contributed by atoms with van der Waals surface area (Å²) in [7, 11) is 2.90. The highest BCUT2D eigenvalue weighted by molar-refractivity contribution is 5.90. The van der Waals surface area contributed by atoms with Gasteiger partial charge in [0.1, 0.15) is 5.69 Å². The summed E-state index contributed by atoms with van der Waals surface area (Å²) in [5, 5.41) is 11.3. The number of carbonyl (C=O) groups is 3. The Morgan fingerprint density at radius 2 is 2.10 bits per heavy atom. The van der Waals surface area contributed by atoms with Crippen molar-refractivity contribution >= 4 is 23.7 Å². The monoisotopic (exact) mass is 295 g/mol. The average molecular weight is 295 g/mol. The van der Waals surface area contributed by atoms with Crippen molar-refractivity contribution in [3.8, 4) is 0 Å². The lowest BCUT2D eigenvalue weighted by molar-refractivity contribution is -0.140. The van der Waals surface area contributed by atoms with E-state index in [1.165, 1.54) is 30.3 Å². The van der Waals surface area contributed by atoms with E-state index in [9.17, 15) is 14.4 Å². The number of nitrogens with zero attached hydrogens (tertiary/aromatic N) is 2. The molecule has 21 heavy (non-hydrogen) atoms. The second-order valence-corrected chi connectivity index (χ2v) is 4.27. The zero-order valence-electron chi connectivity index (χ0n) is 11.8. The first kappa shape index (κ1) is 16.4. The van der Waals surface area contributed by atoms with Gasteiger partial charge in [0.15, 0.2) is 0 Å². The largest absolute Gasteiger partial charge is 0.477 e. The highest BCUT2D eigenvalue weighted by Gasteiger charge is 2.10. The van der Waals surface area contributed by atoms with Crippen molar-refractivity contribution in [1.29, 1.82) is 0 Å². The molecule has 1 heterocycles. The van der Waals surface area contributed by atoms with Gasteiger partial charge in [0.2, 0.25) is 0 Å². The maximum atomic E-state index is 11.8. The number of nitrogens with one attached hydrogen (secondary N) is 1. The third kappa shape index (κ3) is 5.47. The van der Waals surface area contributed by atoms with Crippen LogP contribution in [0.5, 0.6) is 0 Å². The van der Waals surface area contributed by atoms with Crippen molar-refractivity contribution in [2.24, 2.45) is 0 Å². The van der Waals surface area contributed by atoms with Gasteiger partial charge in [0.25, 0.3) is 0 Å². The molecule has 0 aromatic carbocycles. The Kier molecular flexibility index (Phi) is 6.12. The van der Waals surface area contributed by atoms with Gasteiger partial charge in [0.05, 0.1) is 19.0 Å². The molecule has 0 radical (unpaired) electrons. The van der Waals surface area contributed by atoms with Crippen LogP contribution < -0.4 is 5.32 Å². The van der Waals surface area contributed by atoms with Gasteiger partial charge in [-0.3, -0.25) is 4.79 Å². The number of methoxy groups -OCH3 is 1. The Morgan fingerprint density at radius 3 is 2.62 bits per heavy atom. The number of aromatic carboxylic acids is 1. The molecule has 1 aromatic rings. The van der Waals surface area contributed by atoms with Crippen molar-refractivity contribution in [2.45, 2.75) is 12.8 Å². The van der Waals surface area contributed by atoms with Crippen LogP contribution >= 0.6 is 0 Å². The summed E-state index contributed by atoms with van der Waals surface area (Å²) < 4.78 is 4.50. The molecule has 0 unspecified atom stereocenters. The van der Waals surface area contributed by atoms with E-state index in [1.54, 1.807) is 7.05 Å². The summed E-state index contributed by atoms with van der Waals surface area (Å²) >= 11 is 0. The summed E-state index contributed by atoms with van der Waals surface area (Å²) in [6, 6.07) is 2.39. The lowest BCUT2D eigenvalue weighted by atomic mass is 10.3. The molecule has 0 fully saturated rings. The van der Waals surface area contributed by atoms with Crippen molar-refractivity contribution in [1.82, 2.24) is 9.88 Å². The number of ether oxygens (including phenoxy) is 1. The van der Waals surface area contributed by atoms with E-state index in [-0.39, 0.29) is 24.1 Å². The lowest BCUT2D eigenvalue weighted by Crippen LogP contribution is -2.32. The van der Waals surface area contributed by atoms with Crippen LogP contribution in [0.3, 0.4) is 0 Å². The topological polar surface area (TPSA) is 109 Å². The van der Waals surface area contributed by atoms with Crippen LogP contribution in [-0.4, -0.2) is 53.7 Å². The molecule has 1 aromatic heterocycles. The number of carboxylic acid groups (broad SMARTS) is 1. The quantitative estimate of drug-likeness (QED) is 0.763. The fourth-order valence-electron chi connectivity index (χ4n) is 1.48. The van der Waals surface area contributed by atoms with Crippen LogP contribution in [0.25, 0.3) is 0 Å². The van der Waals surface area contributed by atoms with Crippen LogP contribution in [-0.2, 0) is 9.53 Å². The van der Waals surface area contributed by atoms with Gasteiger partial charge in [0, 0.05) is 20.0 Å². The fraction of sp³-hybridized carbons (Fsp3) is 0.385. The molecule has 0 aliphatic rings. The SMILES string of the molecule is COC(=O)CCCN(C)C(=O)Nc1ccc(C(=O)O)nc1. The van der Waals surface area contributed by atoms with Gasteiger partial charge in [-0.1, -0.05) is 0 Å². The van der Waals surface area contributed by atoms with Crippen LogP contribution in [0, 0.1) is 0 Å². The second kappa shape index (κ2) is 7.83. The van der Waals surface area contributed by atoms with E-state index >= 15 is 0 Å². The Balaban J connectivity index is 2.44. The molecule has 0 atom stereocenters. The Bertz CT molecular complexity index is 515. The fourth-order valence-corrected chi connectivity index (χ4v) is 1.48. The molecule has 0 saturated heterocycles. The minimum atomic E-state index is -1.13. The second-order valence-electron chi connectivity index (χ2n) is 4.27. The normalized spacial score (nSPS) is 9.81. The third-order valence-corrected chi connectivity index (χ3v) is 2.68. The third-order valence-electron chi connectivity index (χ3n) is 2.68. The summed E-state index contributed by atoms with van der Waals surface area (Å²) in [4.78, 5) is 38.5. The highest BCUT2D eigenvalue weighted by Crippen LogP contribution is 2.07. The molecule has 2 amide bonds. The molecule has 2 N–H and O–H groups in total. The van der Waals surface area contributed by atoms with Crippen molar-refractivity contribution in [2.75, 3.05) is 26.0 Å². The molecule has 0 aliphatic heterocycles. The first-order chi connectivity index (χ1) is 9.93. The minimum Gasteiger partial charge on any atom is -0.477 e. The van der Waals surface area contributed by atoms with Crippen molar-refractivity contribution in [3.05, 3.63) is 24.0 Å². The van der Waals surface area contributed by atoms with Gasteiger partial charge in [-0.05, 0) is 18.6 Å². The molecule has 0 bridgehead atoms. The molecule has 8 nitrogen and oxygen atoms in total. The Morgan fingerprint density at radius 1 is 1.38 bits per heavy atom. The molecular weight excluding hydrogens is 278 g/mol. The summed E-state index contributed by atoms with van der Waals surface area (Å²) in [6.45, 7) is 0.390. The van der Waals surface area contributed by atoms with Gasteiger partial charge in [-0.25, -0.2) is 14.6 Å². The van der Waals surface area contributed by atoms with E-state index in [0.29, 0.717) is 18.7 Å². The zero-order valence-corrected chi connectivity index (χ0v) is 11.8. The van der Waals surface area contributed by atoms with E-state index in [2.05, 4.69) is 15.0 Å². The summed E-state index contributed by atoms with van der Waals surface area (Å²) in [5.74, 6) is -1.45. The predicted octanol–water partition coefficient (Wildman–Crippen LogP) is 1.20. The first-order valence-corrected chi connectivity index (χ1v) is 6.22. The molecule has 0 aliphatic carbocycles. The lowest BCUT2D eigenvalue weighted by Gasteiger charge is -2.17. The Labute approximate surface area is 121 Å². The van der Waals surface area contributed by atoms with Gasteiger partial charge >= 0.3 is 18.0 Å². The van der Waals surface area contributed by atoms with E-state index in [4.69, 9.17) is 5.11 Å². The number of urea groups is 1. The number of carboxylic acids is 1. The standard InChI is InChI=1S/C13H17N3O5/c1-16(7-3-4-11(17)21-2)13(20)15-9-5-6-10(12(18)19)14-8-9/h5-6,8H,3-4,7H2,1-2H3,(H,15,20)(H,18,19). The molecule has 0 saturated carbocycles. The molecule has 114 valence electrons.